The number of halogens is 2. The molecular formula is C17H19F2N. The highest BCUT2D eigenvalue weighted by molar-refractivity contribution is 5.69. The lowest BCUT2D eigenvalue weighted by Gasteiger charge is -2.18. The van der Waals surface area contributed by atoms with E-state index in [0.29, 0.717) is 11.1 Å². The summed E-state index contributed by atoms with van der Waals surface area (Å²) in [5.74, 6) is -0.771. The Bertz CT molecular complexity index is 608. The summed E-state index contributed by atoms with van der Waals surface area (Å²) in [6, 6.07) is 10.1. The highest BCUT2D eigenvalue weighted by Crippen LogP contribution is 2.31. The molecule has 106 valence electrons. The molecular weight excluding hydrogens is 256 g/mol. The minimum absolute atomic E-state index is 0.0833. The highest BCUT2D eigenvalue weighted by Gasteiger charge is 2.15. The summed E-state index contributed by atoms with van der Waals surface area (Å²) in [6.07, 6.45) is 0. The van der Waals surface area contributed by atoms with E-state index in [9.17, 15) is 8.78 Å². The molecule has 0 fully saturated rings. The predicted molar refractivity (Wildman–Crippen MR) is 78.6 cm³/mol. The summed E-state index contributed by atoms with van der Waals surface area (Å²) in [4.78, 5) is 0. The molecule has 3 heteroatoms. The van der Waals surface area contributed by atoms with E-state index in [-0.39, 0.29) is 17.7 Å². The molecule has 0 radical (unpaired) electrons. The summed E-state index contributed by atoms with van der Waals surface area (Å²) in [5.41, 5.74) is 2.34. The summed E-state index contributed by atoms with van der Waals surface area (Å²) >= 11 is 0. The van der Waals surface area contributed by atoms with Gasteiger partial charge in [-0.05, 0) is 49.2 Å². The molecule has 0 bridgehead atoms. The van der Waals surface area contributed by atoms with Crippen molar-refractivity contribution < 1.29 is 8.78 Å². The van der Waals surface area contributed by atoms with Crippen LogP contribution in [-0.2, 0) is 0 Å². The van der Waals surface area contributed by atoms with Gasteiger partial charge in [0.15, 0.2) is 0 Å². The van der Waals surface area contributed by atoms with Crippen molar-refractivity contribution in [3.63, 3.8) is 0 Å². The normalized spacial score (nSPS) is 12.4. The van der Waals surface area contributed by atoms with Gasteiger partial charge in [0.25, 0.3) is 0 Å². The van der Waals surface area contributed by atoms with Crippen molar-refractivity contribution in [2.24, 2.45) is 0 Å². The molecule has 1 nitrogen and oxygen atoms in total. The van der Waals surface area contributed by atoms with Crippen LogP contribution in [0.3, 0.4) is 0 Å². The Morgan fingerprint density at radius 2 is 1.75 bits per heavy atom. The van der Waals surface area contributed by atoms with Crippen molar-refractivity contribution >= 4 is 0 Å². The Morgan fingerprint density at radius 3 is 2.45 bits per heavy atom. The molecule has 2 aromatic rings. The molecule has 0 aliphatic carbocycles. The zero-order valence-corrected chi connectivity index (χ0v) is 12.0. The summed E-state index contributed by atoms with van der Waals surface area (Å²) in [7, 11) is 0. The van der Waals surface area contributed by atoms with Crippen LogP contribution in [0.25, 0.3) is 11.1 Å². The fraction of sp³-hybridized carbons (Fsp3) is 0.294. The fourth-order valence-electron chi connectivity index (χ4n) is 2.39. The Balaban J connectivity index is 2.56. The minimum Gasteiger partial charge on any atom is -0.310 e. The summed E-state index contributed by atoms with van der Waals surface area (Å²) in [6.45, 7) is 6.42. The van der Waals surface area contributed by atoms with E-state index in [1.165, 1.54) is 12.1 Å². The second-order valence-corrected chi connectivity index (χ2v) is 4.95. The van der Waals surface area contributed by atoms with Gasteiger partial charge in [-0.15, -0.1) is 0 Å². The minimum atomic E-state index is -0.389. The van der Waals surface area contributed by atoms with Gasteiger partial charge in [0.1, 0.15) is 11.6 Å². The Kier molecular flexibility index (Phi) is 4.50. The van der Waals surface area contributed by atoms with Crippen LogP contribution in [0.1, 0.15) is 31.0 Å². The molecule has 0 saturated carbocycles. The number of hydrogen-bond acceptors (Lipinski definition) is 1. The van der Waals surface area contributed by atoms with E-state index in [1.807, 2.05) is 38.1 Å². The van der Waals surface area contributed by atoms with E-state index in [4.69, 9.17) is 0 Å². The van der Waals surface area contributed by atoms with E-state index in [1.54, 1.807) is 6.92 Å². The van der Waals surface area contributed by atoms with Gasteiger partial charge in [-0.2, -0.15) is 0 Å². The lowest BCUT2D eigenvalue weighted by Crippen LogP contribution is -2.18. The molecule has 1 unspecified atom stereocenters. The second-order valence-electron chi connectivity index (χ2n) is 4.95. The predicted octanol–water partition coefficient (Wildman–Crippen LogP) is 4.61. The highest BCUT2D eigenvalue weighted by atomic mass is 19.1. The maximum absolute atomic E-state index is 14.2. The van der Waals surface area contributed by atoms with E-state index >= 15 is 0 Å². The van der Waals surface area contributed by atoms with Crippen molar-refractivity contribution in [3.8, 4) is 11.1 Å². The number of hydrogen-bond donors (Lipinski definition) is 1. The van der Waals surface area contributed by atoms with Crippen LogP contribution >= 0.6 is 0 Å². The van der Waals surface area contributed by atoms with Crippen LogP contribution < -0.4 is 5.32 Å². The van der Waals surface area contributed by atoms with Crippen molar-refractivity contribution in [2.75, 3.05) is 6.54 Å². The molecule has 0 aromatic heterocycles. The van der Waals surface area contributed by atoms with E-state index in [0.717, 1.165) is 17.7 Å². The largest absolute Gasteiger partial charge is 0.310 e. The zero-order chi connectivity index (χ0) is 14.7. The zero-order valence-electron chi connectivity index (χ0n) is 12.0. The number of rotatable bonds is 4. The summed E-state index contributed by atoms with van der Waals surface area (Å²) < 4.78 is 27.9. The molecule has 0 saturated heterocycles. The number of benzene rings is 2. The van der Waals surface area contributed by atoms with Crippen molar-refractivity contribution in [3.05, 3.63) is 59.2 Å². The lowest BCUT2D eigenvalue weighted by molar-refractivity contribution is 0.589. The quantitative estimate of drug-likeness (QED) is 0.859. The second kappa shape index (κ2) is 6.14. The van der Waals surface area contributed by atoms with Crippen LogP contribution in [0.5, 0.6) is 0 Å². The Hall–Kier alpha value is -1.74. The topological polar surface area (TPSA) is 12.0 Å². The number of nitrogens with one attached hydrogen (secondary N) is 1. The van der Waals surface area contributed by atoms with Crippen molar-refractivity contribution in [1.29, 1.82) is 0 Å². The van der Waals surface area contributed by atoms with Crippen LogP contribution in [0.4, 0.5) is 8.78 Å². The first-order chi connectivity index (χ1) is 9.54. The monoisotopic (exact) mass is 275 g/mol. The molecule has 20 heavy (non-hydrogen) atoms. The van der Waals surface area contributed by atoms with Gasteiger partial charge in [-0.1, -0.05) is 31.2 Å². The smallest absolute Gasteiger partial charge is 0.131 e. The average Bonchev–Trinajstić information content (AvgIpc) is 2.43. The molecule has 0 aliphatic heterocycles. The fourth-order valence-corrected chi connectivity index (χ4v) is 2.39. The molecule has 0 aliphatic rings. The van der Waals surface area contributed by atoms with Crippen molar-refractivity contribution in [2.45, 2.75) is 26.8 Å². The van der Waals surface area contributed by atoms with Crippen LogP contribution in [0.15, 0.2) is 36.4 Å². The SMILES string of the molecule is CCNC(C)c1ccccc1-c1cc(F)c(C)cc1F. The third-order valence-corrected chi connectivity index (χ3v) is 3.48. The maximum atomic E-state index is 14.2. The van der Waals surface area contributed by atoms with E-state index < -0.39 is 0 Å². The molecule has 2 rings (SSSR count). The first-order valence-corrected chi connectivity index (χ1v) is 6.83. The first kappa shape index (κ1) is 14.7. The van der Waals surface area contributed by atoms with Gasteiger partial charge in [0, 0.05) is 11.6 Å². The lowest BCUT2D eigenvalue weighted by atomic mass is 9.94. The van der Waals surface area contributed by atoms with E-state index in [2.05, 4.69) is 5.32 Å². The third kappa shape index (κ3) is 2.88. The van der Waals surface area contributed by atoms with Crippen molar-refractivity contribution in [1.82, 2.24) is 5.32 Å². The molecule has 0 spiro atoms. The number of aryl methyl sites for hydroxylation is 1. The van der Waals surface area contributed by atoms with Gasteiger partial charge in [0.05, 0.1) is 0 Å². The third-order valence-electron chi connectivity index (χ3n) is 3.48. The summed E-state index contributed by atoms with van der Waals surface area (Å²) in [5, 5.41) is 3.30. The standard InChI is InChI=1S/C17H19F2N/c1-4-20-12(3)13-7-5-6-8-14(13)15-10-16(18)11(2)9-17(15)19/h5-10,12,20H,4H2,1-3H3. The Morgan fingerprint density at radius 1 is 1.05 bits per heavy atom. The molecule has 1 atom stereocenters. The van der Waals surface area contributed by atoms with Crippen LogP contribution in [-0.4, -0.2) is 6.54 Å². The maximum Gasteiger partial charge on any atom is 0.131 e. The van der Waals surface area contributed by atoms with Crippen LogP contribution in [0, 0.1) is 18.6 Å². The molecule has 1 N–H and O–H groups in total. The molecule has 2 aromatic carbocycles. The van der Waals surface area contributed by atoms with Crippen LogP contribution in [0.2, 0.25) is 0 Å². The first-order valence-electron chi connectivity index (χ1n) is 6.83. The van der Waals surface area contributed by atoms with Gasteiger partial charge >= 0.3 is 0 Å². The Labute approximate surface area is 118 Å². The van der Waals surface area contributed by atoms with Gasteiger partial charge < -0.3 is 5.32 Å². The average molecular weight is 275 g/mol. The van der Waals surface area contributed by atoms with Gasteiger partial charge in [0.2, 0.25) is 0 Å². The van der Waals surface area contributed by atoms with Gasteiger partial charge in [-0.3, -0.25) is 0 Å². The molecule has 0 amide bonds. The van der Waals surface area contributed by atoms with Gasteiger partial charge in [-0.25, -0.2) is 8.78 Å². The molecule has 0 heterocycles.